The third kappa shape index (κ3) is 3.78. The maximum atomic E-state index is 5.39. The summed E-state index contributed by atoms with van der Waals surface area (Å²) in [5.41, 5.74) is 4.24. The van der Waals surface area contributed by atoms with Gasteiger partial charge in [-0.1, -0.05) is 5.16 Å². The molecule has 0 atom stereocenters. The Morgan fingerprint density at radius 3 is 2.62 bits per heavy atom. The minimum Gasteiger partial charge on any atom is -0.361 e. The molecule has 0 aromatic carbocycles. The number of aromatic nitrogens is 4. The second-order valence-electron chi connectivity index (χ2n) is 5.26. The highest BCUT2D eigenvalue weighted by atomic mass is 32.1. The van der Waals surface area contributed by atoms with Gasteiger partial charge in [-0.2, -0.15) is 9.47 Å². The standard InChI is InChI=1S/C15H18N4OS/c1-10-7-12(17-16-10)3-5-14-9-13(18-20-14)4-6-15-8-11(2)19-21-15/h7-9H,3-6H2,1-2H3,(H,16,17). The average Bonchev–Trinajstić information content (AvgIpc) is 3.16. The lowest BCUT2D eigenvalue weighted by atomic mass is 10.1. The molecule has 0 amide bonds. The molecule has 3 aromatic rings. The first kappa shape index (κ1) is 14.0. The van der Waals surface area contributed by atoms with Crippen LogP contribution in [-0.2, 0) is 25.7 Å². The molecular formula is C15H18N4OS. The smallest absolute Gasteiger partial charge is 0.137 e. The van der Waals surface area contributed by atoms with E-state index >= 15 is 0 Å². The van der Waals surface area contributed by atoms with Gasteiger partial charge >= 0.3 is 0 Å². The van der Waals surface area contributed by atoms with E-state index in [2.05, 4.69) is 31.9 Å². The number of rotatable bonds is 6. The van der Waals surface area contributed by atoms with Gasteiger partial charge in [-0.05, 0) is 56.8 Å². The Labute approximate surface area is 127 Å². The first-order chi connectivity index (χ1) is 10.2. The first-order valence-electron chi connectivity index (χ1n) is 7.06. The van der Waals surface area contributed by atoms with E-state index in [4.69, 9.17) is 4.52 Å². The summed E-state index contributed by atoms with van der Waals surface area (Å²) < 4.78 is 9.67. The quantitative estimate of drug-likeness (QED) is 0.760. The van der Waals surface area contributed by atoms with Crippen LogP contribution in [-0.4, -0.2) is 19.7 Å². The van der Waals surface area contributed by atoms with Crippen molar-refractivity contribution in [3.05, 3.63) is 51.6 Å². The molecule has 0 aliphatic rings. The van der Waals surface area contributed by atoms with Crippen LogP contribution >= 0.6 is 11.5 Å². The number of H-pyrrole nitrogens is 1. The molecular weight excluding hydrogens is 284 g/mol. The SMILES string of the molecule is Cc1cc(CCc2cc(CCc3cc(C)[nH]n3)on2)sn1. The van der Waals surface area contributed by atoms with E-state index in [-0.39, 0.29) is 0 Å². The predicted octanol–water partition coefficient (Wildman–Crippen LogP) is 3.04. The van der Waals surface area contributed by atoms with Crippen molar-refractivity contribution in [2.45, 2.75) is 39.5 Å². The zero-order valence-electron chi connectivity index (χ0n) is 12.2. The Balaban J connectivity index is 1.51. The van der Waals surface area contributed by atoms with Gasteiger partial charge in [-0.25, -0.2) is 0 Å². The molecule has 21 heavy (non-hydrogen) atoms. The van der Waals surface area contributed by atoms with Crippen molar-refractivity contribution in [3.63, 3.8) is 0 Å². The molecule has 0 unspecified atom stereocenters. The minimum atomic E-state index is 0.830. The summed E-state index contributed by atoms with van der Waals surface area (Å²) in [7, 11) is 0. The van der Waals surface area contributed by atoms with Crippen molar-refractivity contribution in [1.82, 2.24) is 19.7 Å². The summed E-state index contributed by atoms with van der Waals surface area (Å²) in [5, 5.41) is 11.3. The van der Waals surface area contributed by atoms with Crippen LogP contribution < -0.4 is 0 Å². The molecule has 0 aliphatic heterocycles. The predicted molar refractivity (Wildman–Crippen MR) is 81.5 cm³/mol. The molecule has 1 N–H and O–H groups in total. The van der Waals surface area contributed by atoms with Crippen molar-refractivity contribution >= 4 is 11.5 Å². The molecule has 0 aliphatic carbocycles. The van der Waals surface area contributed by atoms with Gasteiger partial charge < -0.3 is 4.52 Å². The Hall–Kier alpha value is -1.95. The largest absolute Gasteiger partial charge is 0.361 e. The number of nitrogens with zero attached hydrogens (tertiary/aromatic N) is 3. The van der Waals surface area contributed by atoms with Crippen LogP contribution in [0.2, 0.25) is 0 Å². The fourth-order valence-electron chi connectivity index (χ4n) is 2.23. The third-order valence-electron chi connectivity index (χ3n) is 3.30. The highest BCUT2D eigenvalue weighted by Crippen LogP contribution is 2.14. The van der Waals surface area contributed by atoms with Crippen molar-refractivity contribution in [3.8, 4) is 0 Å². The number of aromatic amines is 1. The van der Waals surface area contributed by atoms with E-state index in [0.29, 0.717) is 0 Å². The van der Waals surface area contributed by atoms with Gasteiger partial charge in [0.15, 0.2) is 0 Å². The van der Waals surface area contributed by atoms with E-state index in [1.807, 2.05) is 19.9 Å². The Kier molecular flexibility index (Phi) is 4.15. The zero-order chi connectivity index (χ0) is 14.7. The second-order valence-corrected chi connectivity index (χ2v) is 6.15. The van der Waals surface area contributed by atoms with Crippen molar-refractivity contribution in [2.24, 2.45) is 0 Å². The second kappa shape index (κ2) is 6.22. The lowest BCUT2D eigenvalue weighted by Crippen LogP contribution is -1.90. The molecule has 0 saturated carbocycles. The zero-order valence-corrected chi connectivity index (χ0v) is 13.0. The van der Waals surface area contributed by atoms with Crippen LogP contribution in [0.1, 0.15) is 33.4 Å². The molecule has 6 heteroatoms. The van der Waals surface area contributed by atoms with Crippen LogP contribution in [0.3, 0.4) is 0 Å². The third-order valence-corrected chi connectivity index (χ3v) is 4.23. The van der Waals surface area contributed by atoms with E-state index in [9.17, 15) is 0 Å². The molecule has 0 fully saturated rings. The molecule has 5 nitrogen and oxygen atoms in total. The van der Waals surface area contributed by atoms with Gasteiger partial charge in [0, 0.05) is 23.1 Å². The topological polar surface area (TPSA) is 67.6 Å². The lowest BCUT2D eigenvalue weighted by Gasteiger charge is -1.92. The van der Waals surface area contributed by atoms with E-state index in [0.717, 1.165) is 54.2 Å². The summed E-state index contributed by atoms with van der Waals surface area (Å²) in [6.07, 6.45) is 3.56. The normalized spacial score (nSPS) is 11.1. The van der Waals surface area contributed by atoms with Crippen LogP contribution in [0.15, 0.2) is 22.7 Å². The number of nitrogens with one attached hydrogen (secondary N) is 1. The monoisotopic (exact) mass is 302 g/mol. The molecule has 3 aromatic heterocycles. The summed E-state index contributed by atoms with van der Waals surface area (Å²) in [6.45, 7) is 4.02. The van der Waals surface area contributed by atoms with Gasteiger partial charge in [-0.15, -0.1) is 0 Å². The maximum absolute atomic E-state index is 5.39. The van der Waals surface area contributed by atoms with Gasteiger partial charge in [0.05, 0.1) is 17.1 Å². The average molecular weight is 302 g/mol. The number of hydrogen-bond acceptors (Lipinski definition) is 5. The van der Waals surface area contributed by atoms with Gasteiger partial charge in [0.25, 0.3) is 0 Å². The Morgan fingerprint density at radius 2 is 1.90 bits per heavy atom. The fourth-order valence-corrected chi connectivity index (χ4v) is 2.96. The van der Waals surface area contributed by atoms with Crippen LogP contribution in [0.4, 0.5) is 0 Å². The van der Waals surface area contributed by atoms with E-state index in [1.165, 1.54) is 4.88 Å². The number of hydrogen-bond donors (Lipinski definition) is 1. The van der Waals surface area contributed by atoms with Gasteiger partial charge in [-0.3, -0.25) is 5.10 Å². The molecule has 3 rings (SSSR count). The molecule has 0 spiro atoms. The van der Waals surface area contributed by atoms with Crippen molar-refractivity contribution in [1.29, 1.82) is 0 Å². The summed E-state index contributed by atoms with van der Waals surface area (Å²) in [4.78, 5) is 1.30. The molecule has 0 bridgehead atoms. The highest BCUT2D eigenvalue weighted by molar-refractivity contribution is 7.05. The van der Waals surface area contributed by atoms with Crippen LogP contribution in [0, 0.1) is 13.8 Å². The maximum Gasteiger partial charge on any atom is 0.137 e. The minimum absolute atomic E-state index is 0.830. The fraction of sp³-hybridized carbons (Fsp3) is 0.400. The number of aryl methyl sites for hydroxylation is 6. The van der Waals surface area contributed by atoms with Gasteiger partial charge in [0.1, 0.15) is 5.76 Å². The molecule has 3 heterocycles. The van der Waals surface area contributed by atoms with Crippen molar-refractivity contribution < 1.29 is 4.52 Å². The summed E-state index contributed by atoms with van der Waals surface area (Å²) in [5.74, 6) is 0.922. The molecule has 0 saturated heterocycles. The van der Waals surface area contributed by atoms with E-state index in [1.54, 1.807) is 11.5 Å². The molecule has 110 valence electrons. The van der Waals surface area contributed by atoms with Crippen molar-refractivity contribution in [2.75, 3.05) is 0 Å². The summed E-state index contributed by atoms with van der Waals surface area (Å²) in [6, 6.07) is 6.24. The van der Waals surface area contributed by atoms with Gasteiger partial charge in [0.2, 0.25) is 0 Å². The molecule has 0 radical (unpaired) electrons. The Bertz CT molecular complexity index is 654. The van der Waals surface area contributed by atoms with Crippen LogP contribution in [0.25, 0.3) is 0 Å². The van der Waals surface area contributed by atoms with E-state index < -0.39 is 0 Å². The summed E-state index contributed by atoms with van der Waals surface area (Å²) >= 11 is 1.57. The van der Waals surface area contributed by atoms with Crippen LogP contribution in [0.5, 0.6) is 0 Å². The lowest BCUT2D eigenvalue weighted by molar-refractivity contribution is 0.377. The first-order valence-corrected chi connectivity index (χ1v) is 7.84. The Morgan fingerprint density at radius 1 is 1.05 bits per heavy atom. The highest BCUT2D eigenvalue weighted by Gasteiger charge is 2.07.